The van der Waals surface area contributed by atoms with Crippen molar-refractivity contribution in [1.82, 2.24) is 23.9 Å². The molecule has 0 amide bonds. The molecule has 0 saturated carbocycles. The van der Waals surface area contributed by atoms with E-state index in [1.807, 2.05) is 0 Å². The molecule has 2 N–H and O–H groups in total. The Hall–Kier alpha value is -2.03. The Kier molecular flexibility index (Phi) is 2.49. The van der Waals surface area contributed by atoms with Gasteiger partial charge in [0.25, 0.3) is 0 Å². The quantitative estimate of drug-likeness (QED) is 0.667. The smallest absolute Gasteiger partial charge is 0.167 e. The van der Waals surface area contributed by atoms with Gasteiger partial charge in [-0.1, -0.05) is 0 Å². The number of hydrogen-bond donors (Lipinski definition) is 2. The van der Waals surface area contributed by atoms with Crippen molar-refractivity contribution in [2.45, 2.75) is 24.9 Å². The normalized spacial score (nSPS) is 26.8. The van der Waals surface area contributed by atoms with Crippen LogP contribution in [0.3, 0.4) is 0 Å². The van der Waals surface area contributed by atoms with Gasteiger partial charge in [0.1, 0.15) is 18.7 Å². The Morgan fingerprint density at radius 3 is 2.95 bits per heavy atom. The van der Waals surface area contributed by atoms with Crippen molar-refractivity contribution in [2.75, 3.05) is 6.61 Å². The summed E-state index contributed by atoms with van der Waals surface area (Å²) >= 11 is 0. The average Bonchev–Trinajstić information content (AvgIpc) is 3.13. The SMILES string of the molecule is OC[C@H]1O[C@@H](n2cnc3c2ncn2ccnc32)C[C@H]1O. The minimum Gasteiger partial charge on any atom is -0.394 e. The van der Waals surface area contributed by atoms with Crippen LogP contribution in [-0.2, 0) is 4.74 Å². The number of fused-ring (bicyclic) bond motifs is 3. The Morgan fingerprint density at radius 2 is 2.15 bits per heavy atom. The number of aromatic nitrogens is 5. The fourth-order valence-electron chi connectivity index (χ4n) is 2.61. The van der Waals surface area contributed by atoms with Gasteiger partial charge in [0.2, 0.25) is 0 Å². The third kappa shape index (κ3) is 1.56. The Morgan fingerprint density at radius 1 is 1.25 bits per heavy atom. The second-order valence-electron chi connectivity index (χ2n) is 4.84. The topological polar surface area (TPSA) is 97.7 Å². The summed E-state index contributed by atoms with van der Waals surface area (Å²) in [7, 11) is 0. The van der Waals surface area contributed by atoms with Gasteiger partial charge < -0.3 is 14.9 Å². The first-order valence-corrected chi connectivity index (χ1v) is 6.36. The molecule has 0 spiro atoms. The van der Waals surface area contributed by atoms with Crippen LogP contribution in [0.15, 0.2) is 25.0 Å². The van der Waals surface area contributed by atoms with Crippen LogP contribution < -0.4 is 0 Å². The molecule has 1 saturated heterocycles. The van der Waals surface area contributed by atoms with Crippen molar-refractivity contribution in [2.24, 2.45) is 0 Å². The molecular formula is C12H13N5O3. The predicted molar refractivity (Wildman–Crippen MR) is 67.9 cm³/mol. The van der Waals surface area contributed by atoms with Crippen molar-refractivity contribution in [1.29, 1.82) is 0 Å². The van der Waals surface area contributed by atoms with Crippen LogP contribution in [0.25, 0.3) is 16.8 Å². The Balaban J connectivity index is 1.81. The summed E-state index contributed by atoms with van der Waals surface area (Å²) in [6, 6.07) is 0. The Labute approximate surface area is 113 Å². The number of imidazole rings is 2. The molecule has 1 aliphatic rings. The number of nitrogens with zero attached hydrogens (tertiary/aromatic N) is 5. The molecule has 1 aliphatic heterocycles. The molecule has 8 heteroatoms. The molecular weight excluding hydrogens is 262 g/mol. The van der Waals surface area contributed by atoms with E-state index in [1.54, 1.807) is 34.0 Å². The summed E-state index contributed by atoms with van der Waals surface area (Å²) in [4.78, 5) is 12.9. The molecule has 4 heterocycles. The number of ether oxygens (including phenoxy) is 1. The molecule has 3 aromatic heterocycles. The second-order valence-corrected chi connectivity index (χ2v) is 4.84. The van der Waals surface area contributed by atoms with E-state index < -0.39 is 12.2 Å². The highest BCUT2D eigenvalue weighted by atomic mass is 16.5. The first-order chi connectivity index (χ1) is 9.78. The maximum Gasteiger partial charge on any atom is 0.167 e. The Bertz CT molecular complexity index is 767. The fourth-order valence-corrected chi connectivity index (χ4v) is 2.61. The van der Waals surface area contributed by atoms with Crippen LogP contribution in [0, 0.1) is 0 Å². The minimum absolute atomic E-state index is 0.206. The van der Waals surface area contributed by atoms with Gasteiger partial charge in [-0.3, -0.25) is 8.97 Å². The molecule has 3 aromatic rings. The number of aliphatic hydroxyl groups is 2. The highest BCUT2D eigenvalue weighted by molar-refractivity contribution is 5.85. The van der Waals surface area contributed by atoms with Gasteiger partial charge in [-0.2, -0.15) is 0 Å². The van der Waals surface area contributed by atoms with Crippen LogP contribution >= 0.6 is 0 Å². The molecule has 0 bridgehead atoms. The zero-order chi connectivity index (χ0) is 13.7. The zero-order valence-electron chi connectivity index (χ0n) is 10.5. The fraction of sp³-hybridized carbons (Fsp3) is 0.417. The molecule has 0 aliphatic carbocycles. The van der Waals surface area contributed by atoms with E-state index in [9.17, 15) is 5.11 Å². The van der Waals surface area contributed by atoms with Gasteiger partial charge in [0.15, 0.2) is 16.8 Å². The molecule has 3 atom stereocenters. The molecule has 8 nitrogen and oxygen atoms in total. The molecule has 0 radical (unpaired) electrons. The van der Waals surface area contributed by atoms with E-state index in [2.05, 4.69) is 15.0 Å². The largest absolute Gasteiger partial charge is 0.394 e. The van der Waals surface area contributed by atoms with Gasteiger partial charge in [0, 0.05) is 18.8 Å². The average molecular weight is 275 g/mol. The van der Waals surface area contributed by atoms with Crippen molar-refractivity contribution < 1.29 is 14.9 Å². The third-order valence-corrected chi connectivity index (χ3v) is 3.65. The van der Waals surface area contributed by atoms with E-state index in [0.717, 1.165) is 5.65 Å². The lowest BCUT2D eigenvalue weighted by Crippen LogP contribution is -2.24. The lowest BCUT2D eigenvalue weighted by molar-refractivity contribution is -0.0432. The zero-order valence-corrected chi connectivity index (χ0v) is 10.5. The summed E-state index contributed by atoms with van der Waals surface area (Å²) in [5, 5.41) is 19.0. The summed E-state index contributed by atoms with van der Waals surface area (Å²) in [5.41, 5.74) is 2.06. The maximum atomic E-state index is 9.81. The number of rotatable bonds is 2. The summed E-state index contributed by atoms with van der Waals surface area (Å²) in [6.45, 7) is -0.206. The molecule has 4 rings (SSSR count). The van der Waals surface area contributed by atoms with Crippen LogP contribution in [0.1, 0.15) is 12.6 Å². The highest BCUT2D eigenvalue weighted by Gasteiger charge is 2.35. The van der Waals surface area contributed by atoms with Gasteiger partial charge in [-0.05, 0) is 0 Å². The first kappa shape index (κ1) is 11.8. The summed E-state index contributed by atoms with van der Waals surface area (Å²) in [6.07, 6.45) is 5.56. The first-order valence-electron chi connectivity index (χ1n) is 6.36. The van der Waals surface area contributed by atoms with Crippen LogP contribution in [0.2, 0.25) is 0 Å². The lowest BCUT2D eigenvalue weighted by atomic mass is 10.2. The van der Waals surface area contributed by atoms with E-state index in [-0.39, 0.29) is 12.8 Å². The molecule has 104 valence electrons. The van der Waals surface area contributed by atoms with E-state index >= 15 is 0 Å². The van der Waals surface area contributed by atoms with Gasteiger partial charge in [0.05, 0.1) is 19.0 Å². The van der Waals surface area contributed by atoms with Crippen molar-refractivity contribution >= 4 is 16.8 Å². The molecule has 0 aromatic carbocycles. The molecule has 1 fully saturated rings. The lowest BCUT2D eigenvalue weighted by Gasteiger charge is -2.13. The monoisotopic (exact) mass is 275 g/mol. The van der Waals surface area contributed by atoms with Gasteiger partial charge in [-0.15, -0.1) is 0 Å². The molecule has 0 unspecified atom stereocenters. The van der Waals surface area contributed by atoms with E-state index in [0.29, 0.717) is 17.6 Å². The third-order valence-electron chi connectivity index (χ3n) is 3.65. The van der Waals surface area contributed by atoms with Crippen LogP contribution in [-0.4, -0.2) is 52.9 Å². The van der Waals surface area contributed by atoms with E-state index in [1.165, 1.54) is 0 Å². The van der Waals surface area contributed by atoms with Crippen LogP contribution in [0.5, 0.6) is 0 Å². The van der Waals surface area contributed by atoms with E-state index in [4.69, 9.17) is 9.84 Å². The second kappa shape index (κ2) is 4.23. The number of hydrogen-bond acceptors (Lipinski definition) is 6. The maximum absolute atomic E-state index is 9.81. The van der Waals surface area contributed by atoms with Crippen molar-refractivity contribution in [3.8, 4) is 0 Å². The van der Waals surface area contributed by atoms with Crippen LogP contribution in [0.4, 0.5) is 0 Å². The van der Waals surface area contributed by atoms with Gasteiger partial charge >= 0.3 is 0 Å². The predicted octanol–water partition coefficient (Wildman–Crippen LogP) is -0.280. The van der Waals surface area contributed by atoms with Crippen molar-refractivity contribution in [3.63, 3.8) is 0 Å². The highest BCUT2D eigenvalue weighted by Crippen LogP contribution is 2.30. The standard InChI is InChI=1S/C12H13N5O3/c18-4-8-7(19)3-9(20-8)17-6-14-10-11-13-1-2-16(11)5-15-12(10)17/h1-2,5-9,18-19H,3-4H2/t7-,8-,9-/m1/s1. The number of aliphatic hydroxyl groups excluding tert-OH is 2. The van der Waals surface area contributed by atoms with Gasteiger partial charge in [-0.25, -0.2) is 15.0 Å². The summed E-state index contributed by atoms with van der Waals surface area (Å²) < 4.78 is 9.18. The summed E-state index contributed by atoms with van der Waals surface area (Å²) in [5.74, 6) is 0. The van der Waals surface area contributed by atoms with Crippen molar-refractivity contribution in [3.05, 3.63) is 25.0 Å². The molecule has 20 heavy (non-hydrogen) atoms. The minimum atomic E-state index is -0.683.